The molecule has 0 fully saturated rings. The number of nitrogens with zero attached hydrogens (tertiary/aromatic N) is 1. The highest BCUT2D eigenvalue weighted by Crippen LogP contribution is 2.25. The van der Waals surface area contributed by atoms with Gasteiger partial charge in [0, 0.05) is 20.5 Å². The first-order valence-electron chi connectivity index (χ1n) is 8.69. The lowest BCUT2D eigenvalue weighted by Gasteiger charge is -2.16. The summed E-state index contributed by atoms with van der Waals surface area (Å²) in [5.74, 6) is 0.464. The Kier molecular flexibility index (Phi) is 6.98. The lowest BCUT2D eigenvalue weighted by molar-refractivity contribution is -0.121. The third-order valence-corrected chi connectivity index (χ3v) is 6.14. The van der Waals surface area contributed by atoms with Gasteiger partial charge < -0.3 is 10.1 Å². The van der Waals surface area contributed by atoms with Crippen LogP contribution in [0.25, 0.3) is 0 Å². The van der Waals surface area contributed by atoms with E-state index in [1.54, 1.807) is 12.1 Å². The van der Waals surface area contributed by atoms with Crippen molar-refractivity contribution in [3.05, 3.63) is 59.7 Å². The van der Waals surface area contributed by atoms with Crippen LogP contribution in [-0.2, 0) is 21.2 Å². The maximum absolute atomic E-state index is 12.3. The van der Waals surface area contributed by atoms with Crippen molar-refractivity contribution in [3.63, 3.8) is 0 Å². The fourth-order valence-corrected chi connectivity index (χ4v) is 3.66. The molecule has 2 rings (SSSR count). The average molecular weight is 391 g/mol. The van der Waals surface area contributed by atoms with Gasteiger partial charge in [-0.25, -0.2) is 12.7 Å². The van der Waals surface area contributed by atoms with Gasteiger partial charge in [-0.3, -0.25) is 4.79 Å². The van der Waals surface area contributed by atoms with E-state index in [-0.39, 0.29) is 23.3 Å². The third-order valence-electron chi connectivity index (χ3n) is 4.33. The molecular weight excluding hydrogens is 364 g/mol. The Balaban J connectivity index is 2.09. The molecule has 0 radical (unpaired) electrons. The number of amides is 1. The number of ether oxygens (including phenoxy) is 1. The Morgan fingerprint density at radius 2 is 1.81 bits per heavy atom. The highest BCUT2D eigenvalue weighted by atomic mass is 32.2. The highest BCUT2D eigenvalue weighted by Gasteiger charge is 2.19. The number of carbonyl (C=O) groups excluding carboxylic acids is 1. The van der Waals surface area contributed by atoms with Crippen molar-refractivity contribution in [3.8, 4) is 5.75 Å². The molecule has 0 unspecified atom stereocenters. The lowest BCUT2D eigenvalue weighted by atomic mass is 10.1. The number of sulfonamides is 1. The summed E-state index contributed by atoms with van der Waals surface area (Å²) in [6.07, 6.45) is 0.617. The minimum atomic E-state index is -3.54. The van der Waals surface area contributed by atoms with Crippen LogP contribution in [0.15, 0.2) is 53.4 Å². The molecule has 1 atom stereocenters. The van der Waals surface area contributed by atoms with Gasteiger partial charge in [0.05, 0.1) is 18.0 Å². The van der Waals surface area contributed by atoms with Crippen molar-refractivity contribution >= 4 is 15.9 Å². The van der Waals surface area contributed by atoms with Crippen molar-refractivity contribution in [1.82, 2.24) is 9.62 Å². The summed E-state index contributed by atoms with van der Waals surface area (Å²) < 4.78 is 31.1. The molecule has 27 heavy (non-hydrogen) atoms. The minimum absolute atomic E-state index is 0.0963. The van der Waals surface area contributed by atoms with E-state index in [4.69, 9.17) is 4.74 Å². The van der Waals surface area contributed by atoms with Crippen molar-refractivity contribution < 1.29 is 17.9 Å². The molecule has 2 aromatic rings. The first-order valence-corrected chi connectivity index (χ1v) is 10.1. The minimum Gasteiger partial charge on any atom is -0.496 e. The number of rotatable bonds is 8. The summed E-state index contributed by atoms with van der Waals surface area (Å²) in [6.45, 7) is 1.93. The van der Waals surface area contributed by atoms with E-state index in [9.17, 15) is 13.2 Å². The number of hydrogen-bond acceptors (Lipinski definition) is 4. The summed E-state index contributed by atoms with van der Waals surface area (Å²) in [7, 11) is 0.951. The van der Waals surface area contributed by atoms with Crippen molar-refractivity contribution in [1.29, 1.82) is 0 Å². The summed E-state index contributed by atoms with van der Waals surface area (Å²) in [5, 5.41) is 2.96. The quantitative estimate of drug-likeness (QED) is 0.752. The number of methoxy groups -OCH3 is 1. The average Bonchev–Trinajstić information content (AvgIpc) is 2.66. The third kappa shape index (κ3) is 5.30. The summed E-state index contributed by atoms with van der Waals surface area (Å²) in [5.41, 5.74) is 1.71. The Morgan fingerprint density at radius 1 is 1.15 bits per heavy atom. The second kappa shape index (κ2) is 9.01. The second-order valence-electron chi connectivity index (χ2n) is 6.46. The Hall–Kier alpha value is -2.38. The zero-order valence-corrected chi connectivity index (χ0v) is 16.9. The SMILES string of the molecule is COc1ccc(S(=O)(=O)N(C)C)cc1CCC(=O)N[C@@H](C)c1ccccc1. The zero-order valence-electron chi connectivity index (χ0n) is 16.1. The van der Waals surface area contributed by atoms with Crippen LogP contribution in [-0.4, -0.2) is 39.8 Å². The molecule has 0 saturated carbocycles. The molecule has 0 aromatic heterocycles. The molecule has 1 amide bonds. The van der Waals surface area contributed by atoms with Gasteiger partial charge in [-0.05, 0) is 42.7 Å². The van der Waals surface area contributed by atoms with E-state index in [1.807, 2.05) is 37.3 Å². The molecular formula is C20H26N2O4S. The van der Waals surface area contributed by atoms with E-state index in [0.29, 0.717) is 17.7 Å². The molecule has 1 N–H and O–H groups in total. The van der Waals surface area contributed by atoms with Gasteiger partial charge in [0.2, 0.25) is 15.9 Å². The van der Waals surface area contributed by atoms with Crippen LogP contribution in [0.2, 0.25) is 0 Å². The number of aryl methyl sites for hydroxylation is 1. The van der Waals surface area contributed by atoms with Gasteiger partial charge in [0.25, 0.3) is 0 Å². The molecule has 6 nitrogen and oxygen atoms in total. The summed E-state index contributed by atoms with van der Waals surface area (Å²) >= 11 is 0. The van der Waals surface area contributed by atoms with Crippen LogP contribution in [0.3, 0.4) is 0 Å². The van der Waals surface area contributed by atoms with Gasteiger partial charge in [0.15, 0.2) is 0 Å². The van der Waals surface area contributed by atoms with Gasteiger partial charge in [-0.1, -0.05) is 30.3 Å². The first kappa shape index (κ1) is 20.9. The predicted molar refractivity (Wildman–Crippen MR) is 105 cm³/mol. The molecule has 7 heteroatoms. The molecule has 0 spiro atoms. The fourth-order valence-electron chi connectivity index (χ4n) is 2.71. The van der Waals surface area contributed by atoms with E-state index in [1.165, 1.54) is 27.3 Å². The molecule has 0 aliphatic carbocycles. The molecule has 2 aromatic carbocycles. The number of nitrogens with one attached hydrogen (secondary N) is 1. The maximum atomic E-state index is 12.3. The maximum Gasteiger partial charge on any atom is 0.242 e. The molecule has 0 aliphatic heterocycles. The highest BCUT2D eigenvalue weighted by molar-refractivity contribution is 7.89. The first-order chi connectivity index (χ1) is 12.8. The van der Waals surface area contributed by atoms with Crippen LogP contribution < -0.4 is 10.1 Å². The summed E-state index contributed by atoms with van der Waals surface area (Å²) in [6, 6.07) is 14.3. The smallest absolute Gasteiger partial charge is 0.242 e. The van der Waals surface area contributed by atoms with Crippen LogP contribution in [0.4, 0.5) is 0 Å². The van der Waals surface area contributed by atoms with Gasteiger partial charge in [-0.2, -0.15) is 0 Å². The standard InChI is InChI=1S/C20H26N2O4S/c1-15(16-8-6-5-7-9-16)21-20(23)13-10-17-14-18(11-12-19(17)26-4)27(24,25)22(2)3/h5-9,11-12,14-15H,10,13H2,1-4H3,(H,21,23)/t15-/m0/s1. The van der Waals surface area contributed by atoms with E-state index in [2.05, 4.69) is 5.32 Å². The van der Waals surface area contributed by atoms with Gasteiger partial charge >= 0.3 is 0 Å². The second-order valence-corrected chi connectivity index (χ2v) is 8.61. The van der Waals surface area contributed by atoms with Gasteiger partial charge in [-0.15, -0.1) is 0 Å². The Labute approximate surface area is 161 Å². The fraction of sp³-hybridized carbons (Fsp3) is 0.350. The molecule has 146 valence electrons. The Bertz CT molecular complexity index is 880. The predicted octanol–water partition coefficient (Wildman–Crippen LogP) is 2.76. The Morgan fingerprint density at radius 3 is 2.41 bits per heavy atom. The van der Waals surface area contributed by atoms with E-state index >= 15 is 0 Å². The van der Waals surface area contributed by atoms with E-state index in [0.717, 1.165) is 9.87 Å². The molecule has 0 saturated heterocycles. The van der Waals surface area contributed by atoms with Crippen molar-refractivity contribution in [2.75, 3.05) is 21.2 Å². The monoisotopic (exact) mass is 390 g/mol. The van der Waals surface area contributed by atoms with Crippen LogP contribution >= 0.6 is 0 Å². The number of hydrogen-bond donors (Lipinski definition) is 1. The number of benzene rings is 2. The summed E-state index contributed by atoms with van der Waals surface area (Å²) in [4.78, 5) is 12.5. The van der Waals surface area contributed by atoms with Crippen LogP contribution in [0.1, 0.15) is 30.5 Å². The number of carbonyl (C=O) groups is 1. The molecule has 0 heterocycles. The van der Waals surface area contributed by atoms with Crippen LogP contribution in [0, 0.1) is 0 Å². The molecule has 0 bridgehead atoms. The van der Waals surface area contributed by atoms with E-state index < -0.39 is 10.0 Å². The zero-order chi connectivity index (χ0) is 20.0. The van der Waals surface area contributed by atoms with Crippen LogP contribution in [0.5, 0.6) is 5.75 Å². The molecule has 0 aliphatic rings. The lowest BCUT2D eigenvalue weighted by Crippen LogP contribution is -2.26. The largest absolute Gasteiger partial charge is 0.496 e. The normalized spacial score (nSPS) is 12.6. The van der Waals surface area contributed by atoms with Crippen molar-refractivity contribution in [2.24, 2.45) is 0 Å². The van der Waals surface area contributed by atoms with Crippen molar-refractivity contribution in [2.45, 2.75) is 30.7 Å². The topological polar surface area (TPSA) is 75.7 Å². The van der Waals surface area contributed by atoms with Gasteiger partial charge in [0.1, 0.15) is 5.75 Å².